The molecule has 3 atom stereocenters. The summed E-state index contributed by atoms with van der Waals surface area (Å²) in [5.41, 5.74) is 0.449. The molecule has 3 unspecified atom stereocenters. The molecule has 1 saturated heterocycles. The van der Waals surface area contributed by atoms with Gasteiger partial charge >= 0.3 is 217 Å². The third kappa shape index (κ3) is 18.4. The van der Waals surface area contributed by atoms with Crippen LogP contribution >= 0.6 is 0 Å². The zero-order chi connectivity index (χ0) is 31.7. The van der Waals surface area contributed by atoms with Crippen molar-refractivity contribution in [3.8, 4) is 0 Å². The van der Waals surface area contributed by atoms with E-state index in [0.29, 0.717) is 25.1 Å². The van der Waals surface area contributed by atoms with Crippen LogP contribution in [0.2, 0.25) is 0 Å². The number of unbranched alkanes of at least 4 members (excludes halogenated alkanes) is 10. The van der Waals surface area contributed by atoms with Crippen LogP contribution in [0.5, 0.6) is 0 Å². The molecule has 0 aliphatic carbocycles. The molecule has 0 saturated carbocycles. The van der Waals surface area contributed by atoms with Crippen molar-refractivity contribution >= 4 is 31.2 Å². The van der Waals surface area contributed by atoms with Crippen molar-refractivity contribution in [3.63, 3.8) is 0 Å². The second-order valence-corrected chi connectivity index (χ2v) is 12.1. The van der Waals surface area contributed by atoms with E-state index in [9.17, 15) is 14.4 Å². The van der Waals surface area contributed by atoms with Gasteiger partial charge in [0.1, 0.15) is 0 Å². The number of rotatable bonds is 26. The van der Waals surface area contributed by atoms with Gasteiger partial charge in [-0.2, -0.15) is 0 Å². The van der Waals surface area contributed by atoms with Crippen molar-refractivity contribution in [3.05, 3.63) is 0 Å². The standard InChI is InChI=1S/C34H61BNO7/c1-5-9-11-13-15-17-19-31(35)41-25-28(26-42-32(37)20-18-16-14-12-10-6-2)24-33(38)43-27-30-22-21-29(8-4)36(30)34(39)40-23-7-3/h28-30H,5-27H2,1-4H3. The molecule has 247 valence electrons. The number of amides is 1. The van der Waals surface area contributed by atoms with E-state index >= 15 is 0 Å². The van der Waals surface area contributed by atoms with Gasteiger partial charge in [0.2, 0.25) is 0 Å². The van der Waals surface area contributed by atoms with Gasteiger partial charge < -0.3 is 0 Å². The first kappa shape index (κ1) is 39.0. The van der Waals surface area contributed by atoms with Crippen molar-refractivity contribution in [1.29, 1.82) is 0 Å². The van der Waals surface area contributed by atoms with Crippen molar-refractivity contribution in [2.75, 3.05) is 26.4 Å². The molecule has 1 amide bonds. The van der Waals surface area contributed by atoms with Gasteiger partial charge in [0.25, 0.3) is 0 Å². The van der Waals surface area contributed by atoms with Crippen LogP contribution in [-0.4, -0.2) is 74.6 Å². The van der Waals surface area contributed by atoms with Crippen LogP contribution in [0.3, 0.4) is 0 Å². The second-order valence-electron chi connectivity index (χ2n) is 12.1. The van der Waals surface area contributed by atoms with E-state index in [-0.39, 0.29) is 56.3 Å². The average Bonchev–Trinajstić information content (AvgIpc) is 3.42. The first-order valence-corrected chi connectivity index (χ1v) is 17.4. The molecule has 0 aromatic carbocycles. The fourth-order valence-electron chi connectivity index (χ4n) is 5.45. The summed E-state index contributed by atoms with van der Waals surface area (Å²) in [5, 5.41) is 0. The Hall–Kier alpha value is -2.06. The number of nitrogens with zero attached hydrogens (tertiary/aromatic N) is 1. The second kappa shape index (κ2) is 25.3. The summed E-state index contributed by atoms with van der Waals surface area (Å²) >= 11 is 0. The van der Waals surface area contributed by atoms with E-state index in [1.165, 1.54) is 44.9 Å². The number of hydrogen-bond acceptors (Lipinski definition) is 7. The Labute approximate surface area is 263 Å². The van der Waals surface area contributed by atoms with Gasteiger partial charge in [0, 0.05) is 0 Å². The Morgan fingerprint density at radius 1 is 0.674 bits per heavy atom. The maximum absolute atomic E-state index is 12.9. The van der Waals surface area contributed by atoms with Gasteiger partial charge in [-0.25, -0.2) is 0 Å². The summed E-state index contributed by atoms with van der Waals surface area (Å²) < 4.78 is 22.4. The number of carbonyl (C=O) groups excluding carboxylic acids is 3. The van der Waals surface area contributed by atoms with E-state index in [0.717, 1.165) is 57.8 Å². The molecule has 1 fully saturated rings. The van der Waals surface area contributed by atoms with Crippen LogP contribution in [-0.2, 0) is 28.5 Å². The zero-order valence-corrected chi connectivity index (χ0v) is 27.9. The smallest absolute Gasteiger partial charge is 0.0621 e. The number of hydrogen-bond donors (Lipinski definition) is 0. The normalized spacial score (nSPS) is 17.0. The van der Waals surface area contributed by atoms with Crippen molar-refractivity contribution in [2.24, 2.45) is 5.92 Å². The molecular weight excluding hydrogens is 545 g/mol. The number of likely N-dealkylation sites (tertiary alicyclic amines) is 1. The van der Waals surface area contributed by atoms with Crippen molar-refractivity contribution in [1.82, 2.24) is 4.90 Å². The zero-order valence-electron chi connectivity index (χ0n) is 27.9. The summed E-state index contributed by atoms with van der Waals surface area (Å²) in [4.78, 5) is 39.7. The molecule has 9 heteroatoms. The summed E-state index contributed by atoms with van der Waals surface area (Å²) in [7, 11) is 6.13. The van der Waals surface area contributed by atoms with Gasteiger partial charge in [-0.3, -0.25) is 0 Å². The quantitative estimate of drug-likeness (QED) is 0.0432. The molecule has 0 N–H and O–H groups in total. The van der Waals surface area contributed by atoms with Crippen LogP contribution in [0.1, 0.15) is 150 Å². The van der Waals surface area contributed by atoms with Gasteiger partial charge in [-0.05, 0) is 6.42 Å². The molecule has 1 aliphatic heterocycles. The van der Waals surface area contributed by atoms with Gasteiger partial charge in [-0.15, -0.1) is 0 Å². The Kier molecular flexibility index (Phi) is 22.9. The minimum absolute atomic E-state index is 0.0405. The monoisotopic (exact) mass is 606 g/mol. The summed E-state index contributed by atoms with van der Waals surface area (Å²) in [6, 6.07) is -0.116. The average molecular weight is 607 g/mol. The van der Waals surface area contributed by atoms with E-state index in [1.54, 1.807) is 4.90 Å². The molecule has 1 radical (unpaired) electrons. The third-order valence-corrected chi connectivity index (χ3v) is 8.12. The van der Waals surface area contributed by atoms with Crippen molar-refractivity contribution in [2.45, 2.75) is 162 Å². The molecule has 0 aromatic rings. The van der Waals surface area contributed by atoms with Crippen molar-refractivity contribution < 1.29 is 33.3 Å². The first-order chi connectivity index (χ1) is 20.9. The third-order valence-electron chi connectivity index (χ3n) is 8.12. The SMILES string of the molecule is [B]=C(CCCCCCCC)OCC(COC(=O)CCCCCCCC)CC(=O)OCC1CCC(CC)N1C(=O)OCCC. The van der Waals surface area contributed by atoms with Crippen LogP contribution in [0.4, 0.5) is 4.79 Å². The predicted molar refractivity (Wildman–Crippen MR) is 173 cm³/mol. The number of esters is 2. The van der Waals surface area contributed by atoms with Gasteiger partial charge in [0.15, 0.2) is 0 Å². The van der Waals surface area contributed by atoms with E-state index in [2.05, 4.69) is 13.8 Å². The van der Waals surface area contributed by atoms with Gasteiger partial charge in [0.05, 0.1) is 6.61 Å². The molecule has 8 nitrogen and oxygen atoms in total. The fourth-order valence-corrected chi connectivity index (χ4v) is 5.45. The first-order valence-electron chi connectivity index (χ1n) is 17.4. The minimum atomic E-state index is -0.406. The molecule has 0 aromatic heterocycles. The predicted octanol–water partition coefficient (Wildman–Crippen LogP) is 7.68. The molecule has 1 aliphatic rings. The van der Waals surface area contributed by atoms with Crippen LogP contribution in [0.15, 0.2) is 0 Å². The fraction of sp³-hybridized carbons (Fsp3) is 0.882. The molecule has 0 bridgehead atoms. The number of ether oxygens (including phenoxy) is 4. The van der Waals surface area contributed by atoms with Crippen LogP contribution in [0, 0.1) is 5.92 Å². The maximum atomic E-state index is 12.9. The Morgan fingerprint density at radius 2 is 1.26 bits per heavy atom. The summed E-state index contributed by atoms with van der Waals surface area (Å²) in [6.45, 7) is 9.14. The molecule has 1 rings (SSSR count). The van der Waals surface area contributed by atoms with E-state index in [4.69, 9.17) is 26.4 Å². The Morgan fingerprint density at radius 3 is 1.88 bits per heavy atom. The summed E-state index contributed by atoms with van der Waals surface area (Å²) in [5.74, 6) is -1.03. The summed E-state index contributed by atoms with van der Waals surface area (Å²) in [6.07, 6.45) is 17.5. The van der Waals surface area contributed by atoms with E-state index in [1.807, 2.05) is 13.8 Å². The molecular formula is C34H61BNO7. The molecule has 43 heavy (non-hydrogen) atoms. The number of carbonyl (C=O) groups is 3. The molecule has 1 heterocycles. The van der Waals surface area contributed by atoms with E-state index < -0.39 is 5.97 Å². The topological polar surface area (TPSA) is 91.4 Å². The van der Waals surface area contributed by atoms with Crippen LogP contribution < -0.4 is 0 Å². The van der Waals surface area contributed by atoms with Crippen LogP contribution in [0.25, 0.3) is 0 Å². The van der Waals surface area contributed by atoms with Gasteiger partial charge in [-0.1, -0.05) is 33.6 Å². The Balaban J connectivity index is 2.60. The Bertz CT molecular complexity index is 746. The minimum Gasteiger partial charge on any atom is -0.0621 e. The molecule has 0 spiro atoms.